The molecule has 0 aliphatic carbocycles. The van der Waals surface area contributed by atoms with Crippen molar-refractivity contribution in [2.45, 2.75) is 31.7 Å². The summed E-state index contributed by atoms with van der Waals surface area (Å²) in [4.78, 5) is 20.8. The second kappa shape index (κ2) is 12.0. The van der Waals surface area contributed by atoms with Gasteiger partial charge >= 0.3 is 0 Å². The third-order valence-corrected chi connectivity index (χ3v) is 8.94. The molecule has 200 valence electrons. The highest BCUT2D eigenvalue weighted by atomic mass is 32.2. The maximum Gasteiger partial charge on any atom is 0.214 e. The summed E-state index contributed by atoms with van der Waals surface area (Å²) < 4.78 is 55.0. The number of aromatic nitrogens is 4. The average molecular weight is 555 g/mol. The number of thiazole rings is 1. The Kier molecular flexibility index (Phi) is 8.79. The van der Waals surface area contributed by atoms with Crippen molar-refractivity contribution in [2.75, 3.05) is 43.0 Å². The highest BCUT2D eigenvalue weighted by Gasteiger charge is 2.29. The van der Waals surface area contributed by atoms with Gasteiger partial charge in [0, 0.05) is 32.1 Å². The molecule has 5 N–H and O–H groups in total. The average Bonchev–Trinajstić information content (AvgIpc) is 3.51. The minimum absolute atomic E-state index is 0.0547. The predicted molar refractivity (Wildman–Crippen MR) is 136 cm³/mol. The van der Waals surface area contributed by atoms with Gasteiger partial charge < -0.3 is 16.4 Å². The Balaban J connectivity index is 1.23. The predicted octanol–water partition coefficient (Wildman–Crippen LogP) is 1.78. The summed E-state index contributed by atoms with van der Waals surface area (Å²) in [6.45, 7) is 1.96. The normalized spacial score (nSPS) is 15.2. The summed E-state index contributed by atoms with van der Waals surface area (Å²) >= 11 is 0.918. The van der Waals surface area contributed by atoms with Gasteiger partial charge in [-0.2, -0.15) is 5.10 Å². The van der Waals surface area contributed by atoms with Crippen LogP contribution in [0.5, 0.6) is 0 Å². The van der Waals surface area contributed by atoms with Crippen molar-refractivity contribution < 1.29 is 22.0 Å². The molecule has 0 spiro atoms. The number of rotatable bonds is 12. The number of nitrogen functional groups attached to an aromatic ring is 1. The first-order valence-corrected chi connectivity index (χ1v) is 14.2. The number of nitrogens with one attached hydrogen (secondary N) is 3. The van der Waals surface area contributed by atoms with E-state index in [2.05, 4.69) is 30.8 Å². The van der Waals surface area contributed by atoms with E-state index in [-0.39, 0.29) is 22.5 Å². The fraction of sp³-hybridized carbons (Fsp3) is 0.455. The number of piperidine rings is 1. The van der Waals surface area contributed by atoms with Crippen LogP contribution in [0.1, 0.15) is 40.3 Å². The lowest BCUT2D eigenvalue weighted by molar-refractivity contribution is 0.103. The molecule has 1 saturated heterocycles. The number of hydrogen-bond acceptors (Lipinski definition) is 10. The minimum atomic E-state index is -3.37. The number of nitrogens with zero attached hydrogens (tertiary/aromatic N) is 4. The number of carbonyl (C=O) groups excluding carboxylic acids is 1. The minimum Gasteiger partial charge on any atom is -0.382 e. The molecule has 1 aliphatic heterocycles. The van der Waals surface area contributed by atoms with Gasteiger partial charge in [-0.25, -0.2) is 31.5 Å². The quantitative estimate of drug-likeness (QED) is 0.193. The molecule has 0 atom stereocenters. The SMILES string of the molecule is Nc1nc(NC2CCN(S(=O)(=O)CCCNCCc3ncn[nH]3)CC2)sc1C(=O)c1c(F)cccc1F. The van der Waals surface area contributed by atoms with Crippen molar-refractivity contribution in [1.29, 1.82) is 0 Å². The van der Waals surface area contributed by atoms with Gasteiger partial charge in [-0.3, -0.25) is 9.89 Å². The Morgan fingerprint density at radius 2 is 1.95 bits per heavy atom. The third kappa shape index (κ3) is 6.85. The molecule has 1 aromatic carbocycles. The topological polar surface area (TPSA) is 159 Å². The second-order valence-corrected chi connectivity index (χ2v) is 11.7. The van der Waals surface area contributed by atoms with Gasteiger partial charge in [0.15, 0.2) is 5.13 Å². The van der Waals surface area contributed by atoms with Gasteiger partial charge in [-0.1, -0.05) is 17.4 Å². The van der Waals surface area contributed by atoms with Gasteiger partial charge in [0.1, 0.15) is 34.5 Å². The maximum atomic E-state index is 14.0. The van der Waals surface area contributed by atoms with Crippen LogP contribution >= 0.6 is 11.3 Å². The Morgan fingerprint density at radius 1 is 1.22 bits per heavy atom. The third-order valence-electron chi connectivity index (χ3n) is 5.98. The lowest BCUT2D eigenvalue weighted by atomic mass is 10.1. The Hall–Kier alpha value is -3.01. The largest absolute Gasteiger partial charge is 0.382 e. The van der Waals surface area contributed by atoms with E-state index < -0.39 is 33.0 Å². The van der Waals surface area contributed by atoms with Crippen molar-refractivity contribution in [3.05, 3.63) is 52.4 Å². The summed E-state index contributed by atoms with van der Waals surface area (Å²) in [5, 5.41) is 13.3. The number of nitrogens with two attached hydrogens (primary N) is 1. The van der Waals surface area contributed by atoms with Crippen LogP contribution in [0.25, 0.3) is 0 Å². The second-order valence-electron chi connectivity index (χ2n) is 8.58. The number of hydrogen-bond donors (Lipinski definition) is 4. The van der Waals surface area contributed by atoms with E-state index in [9.17, 15) is 22.0 Å². The number of carbonyl (C=O) groups is 1. The van der Waals surface area contributed by atoms with Crippen LogP contribution in [0, 0.1) is 11.6 Å². The van der Waals surface area contributed by atoms with Crippen LogP contribution in [-0.4, -0.2) is 76.6 Å². The number of ketones is 1. The van der Waals surface area contributed by atoms with E-state index in [1.165, 1.54) is 16.7 Å². The van der Waals surface area contributed by atoms with Gasteiger partial charge in [0.25, 0.3) is 0 Å². The van der Waals surface area contributed by atoms with Crippen LogP contribution in [0.15, 0.2) is 24.5 Å². The van der Waals surface area contributed by atoms with Gasteiger partial charge in [-0.05, 0) is 37.9 Å². The molecule has 37 heavy (non-hydrogen) atoms. The van der Waals surface area contributed by atoms with Crippen molar-refractivity contribution >= 4 is 38.1 Å². The smallest absolute Gasteiger partial charge is 0.214 e. The van der Waals surface area contributed by atoms with Crippen LogP contribution < -0.4 is 16.4 Å². The van der Waals surface area contributed by atoms with Crippen LogP contribution in [0.3, 0.4) is 0 Å². The molecular formula is C22H28F2N8O3S2. The first-order chi connectivity index (χ1) is 17.7. The van der Waals surface area contributed by atoms with Crippen molar-refractivity contribution in [2.24, 2.45) is 0 Å². The van der Waals surface area contributed by atoms with E-state index in [0.29, 0.717) is 57.0 Å². The molecule has 2 aromatic heterocycles. The van der Waals surface area contributed by atoms with Crippen LogP contribution in [0.2, 0.25) is 0 Å². The molecule has 15 heteroatoms. The number of anilines is 2. The number of aromatic amines is 1. The van der Waals surface area contributed by atoms with Crippen LogP contribution in [-0.2, 0) is 16.4 Å². The standard InChI is InChI=1S/C22H28F2N8O3S2/c23-15-3-1-4-16(24)18(15)19(33)20-21(25)30-22(36-20)29-14-6-10-32(11-7-14)37(34,35)12-2-8-26-9-5-17-27-13-28-31-17/h1,3-4,13-14,26H,2,5-12,25H2,(H,29,30)(H,27,28,31). The van der Waals surface area contributed by atoms with Gasteiger partial charge in [-0.15, -0.1) is 0 Å². The molecular weight excluding hydrogens is 526 g/mol. The first-order valence-electron chi connectivity index (χ1n) is 11.8. The van der Waals surface area contributed by atoms with E-state index in [1.807, 2.05) is 0 Å². The number of halogens is 2. The van der Waals surface area contributed by atoms with Gasteiger partial charge in [0.2, 0.25) is 15.8 Å². The summed E-state index contributed by atoms with van der Waals surface area (Å²) in [5.74, 6) is -2.09. The van der Waals surface area contributed by atoms with E-state index in [1.54, 1.807) is 0 Å². The molecule has 0 unspecified atom stereocenters. The summed E-state index contributed by atoms with van der Waals surface area (Å²) in [5.41, 5.74) is 5.19. The maximum absolute atomic E-state index is 14.0. The van der Waals surface area contributed by atoms with Crippen molar-refractivity contribution in [1.82, 2.24) is 29.8 Å². The summed E-state index contributed by atoms with van der Waals surface area (Å²) in [6, 6.07) is 3.11. The monoisotopic (exact) mass is 554 g/mol. The highest BCUT2D eigenvalue weighted by Crippen LogP contribution is 2.30. The van der Waals surface area contributed by atoms with Gasteiger partial charge in [0.05, 0.1) is 11.3 Å². The lowest BCUT2D eigenvalue weighted by Gasteiger charge is -2.31. The molecule has 0 saturated carbocycles. The molecule has 0 amide bonds. The van der Waals surface area contributed by atoms with E-state index in [0.717, 1.165) is 29.3 Å². The van der Waals surface area contributed by atoms with E-state index >= 15 is 0 Å². The molecule has 1 aliphatic rings. The summed E-state index contributed by atoms with van der Waals surface area (Å²) in [6.07, 6.45) is 3.71. The zero-order chi connectivity index (χ0) is 26.4. The fourth-order valence-electron chi connectivity index (χ4n) is 4.03. The molecule has 3 heterocycles. The fourth-order valence-corrected chi connectivity index (χ4v) is 6.47. The molecule has 3 aromatic rings. The van der Waals surface area contributed by atoms with E-state index in [4.69, 9.17) is 5.73 Å². The van der Waals surface area contributed by atoms with Crippen molar-refractivity contribution in [3.8, 4) is 0 Å². The number of sulfonamides is 1. The molecule has 0 radical (unpaired) electrons. The molecule has 4 rings (SSSR count). The number of H-pyrrole nitrogens is 1. The Bertz CT molecular complexity index is 1290. The van der Waals surface area contributed by atoms with Crippen LogP contribution in [0.4, 0.5) is 19.7 Å². The Labute approximate surface area is 216 Å². The summed E-state index contributed by atoms with van der Waals surface area (Å²) in [7, 11) is -3.37. The lowest BCUT2D eigenvalue weighted by Crippen LogP contribution is -2.43. The van der Waals surface area contributed by atoms with Crippen molar-refractivity contribution in [3.63, 3.8) is 0 Å². The number of benzene rings is 1. The zero-order valence-corrected chi connectivity index (χ0v) is 21.5. The Morgan fingerprint density at radius 3 is 2.62 bits per heavy atom. The zero-order valence-electron chi connectivity index (χ0n) is 19.9. The first kappa shape index (κ1) is 27.0. The molecule has 1 fully saturated rings. The highest BCUT2D eigenvalue weighted by molar-refractivity contribution is 7.89. The molecule has 11 nitrogen and oxygen atoms in total. The molecule has 0 bridgehead atoms.